The molecule has 3 nitrogen and oxygen atoms in total. The van der Waals surface area contributed by atoms with Crippen molar-refractivity contribution in [2.24, 2.45) is 10.8 Å². The average Bonchev–Trinajstić information content (AvgIpc) is 3.41. The third kappa shape index (κ3) is 4.60. The summed E-state index contributed by atoms with van der Waals surface area (Å²) >= 11 is 0. The third-order valence-corrected chi connectivity index (χ3v) is 8.95. The zero-order valence-corrected chi connectivity index (χ0v) is 25.8. The molecule has 0 bridgehead atoms. The van der Waals surface area contributed by atoms with Gasteiger partial charge in [0, 0.05) is 38.0 Å². The Morgan fingerprint density at radius 2 is 1.50 bits per heavy atom. The number of allylic oxidation sites excluding steroid dienone is 2. The van der Waals surface area contributed by atoms with E-state index in [1.54, 1.807) is 0 Å². The van der Waals surface area contributed by atoms with Gasteiger partial charge in [-0.05, 0) is 40.8 Å². The van der Waals surface area contributed by atoms with Gasteiger partial charge in [0.2, 0.25) is 0 Å². The predicted molar refractivity (Wildman–Crippen MR) is 152 cm³/mol. The van der Waals surface area contributed by atoms with Crippen LogP contribution in [-0.4, -0.2) is 15.9 Å². The summed E-state index contributed by atoms with van der Waals surface area (Å²) in [5, 5.41) is 10.8. The van der Waals surface area contributed by atoms with Crippen molar-refractivity contribution in [3.8, 4) is 11.3 Å². The van der Waals surface area contributed by atoms with E-state index in [9.17, 15) is 9.90 Å². The van der Waals surface area contributed by atoms with Crippen molar-refractivity contribution in [1.29, 1.82) is 0 Å². The number of hydrogen-bond acceptors (Lipinski definition) is 3. The Bertz CT molecular complexity index is 1380. The van der Waals surface area contributed by atoms with E-state index in [0.717, 1.165) is 5.52 Å². The van der Waals surface area contributed by atoms with Crippen LogP contribution in [0.4, 0.5) is 0 Å². The molecule has 0 amide bonds. The van der Waals surface area contributed by atoms with Crippen LogP contribution >= 0.6 is 0 Å². The predicted octanol–water partition coefficient (Wildman–Crippen LogP) is 8.65. The van der Waals surface area contributed by atoms with Crippen molar-refractivity contribution in [2.45, 2.75) is 90.9 Å². The SMILES string of the molecule is CC(C)(C)C(=O)C=C(O)C(C)(C)C.[Pt].[c-]1cccc2c1-c1nc3ccccc3cc1C13CCCC21CCC3. The quantitative estimate of drug-likeness (QED) is 0.158. The second kappa shape index (κ2) is 10.1. The maximum absolute atomic E-state index is 11.5. The molecular formula is C34H40NO2Pt-. The van der Waals surface area contributed by atoms with Crippen LogP contribution in [0.5, 0.6) is 0 Å². The molecule has 4 heteroatoms. The summed E-state index contributed by atoms with van der Waals surface area (Å²) in [6.07, 6.45) is 9.36. The fraction of sp³-hybridized carbons (Fsp3) is 0.471. The number of carbonyl (C=O) groups is 1. The Balaban J connectivity index is 0.000000209. The van der Waals surface area contributed by atoms with E-state index in [2.05, 4.69) is 54.6 Å². The molecule has 3 aliphatic rings. The Morgan fingerprint density at radius 1 is 0.895 bits per heavy atom. The van der Waals surface area contributed by atoms with Gasteiger partial charge in [-0.1, -0.05) is 97.1 Å². The molecule has 0 spiro atoms. The van der Waals surface area contributed by atoms with Crippen molar-refractivity contribution >= 4 is 16.7 Å². The van der Waals surface area contributed by atoms with Crippen molar-refractivity contribution < 1.29 is 31.0 Å². The molecule has 38 heavy (non-hydrogen) atoms. The molecule has 2 aromatic carbocycles. The van der Waals surface area contributed by atoms with Gasteiger partial charge in [-0.15, -0.1) is 35.4 Å². The Kier molecular flexibility index (Phi) is 7.60. The molecule has 2 saturated carbocycles. The first-order chi connectivity index (χ1) is 17.4. The smallest absolute Gasteiger partial charge is 0.164 e. The number of aliphatic hydroxyl groups excluding tert-OH is 1. The molecule has 204 valence electrons. The number of rotatable bonds is 1. The summed E-state index contributed by atoms with van der Waals surface area (Å²) in [7, 11) is 0. The van der Waals surface area contributed by atoms with Gasteiger partial charge < -0.3 is 5.11 Å². The van der Waals surface area contributed by atoms with Crippen LogP contribution in [0.2, 0.25) is 0 Å². The van der Waals surface area contributed by atoms with Crippen LogP contribution in [0.25, 0.3) is 22.2 Å². The van der Waals surface area contributed by atoms with E-state index in [4.69, 9.17) is 4.98 Å². The number of ketones is 1. The molecular weight excluding hydrogens is 649 g/mol. The van der Waals surface area contributed by atoms with E-state index < -0.39 is 5.41 Å². The first-order valence-corrected chi connectivity index (χ1v) is 13.8. The van der Waals surface area contributed by atoms with E-state index >= 15 is 0 Å². The van der Waals surface area contributed by atoms with Crippen LogP contribution < -0.4 is 0 Å². The number of fused-ring (bicyclic) bond motifs is 4. The number of benzene rings is 2. The molecule has 6 rings (SSSR count). The summed E-state index contributed by atoms with van der Waals surface area (Å²) < 4.78 is 0. The molecule has 1 aromatic heterocycles. The first-order valence-electron chi connectivity index (χ1n) is 13.8. The Labute approximate surface area is 242 Å². The number of hydrogen-bond donors (Lipinski definition) is 1. The molecule has 3 aromatic rings. The van der Waals surface area contributed by atoms with E-state index in [-0.39, 0.29) is 38.0 Å². The zero-order valence-electron chi connectivity index (χ0n) is 23.6. The van der Waals surface area contributed by atoms with Gasteiger partial charge in [0.05, 0.1) is 5.52 Å². The minimum Gasteiger partial charge on any atom is -0.512 e. The fourth-order valence-electron chi connectivity index (χ4n) is 6.91. The Morgan fingerprint density at radius 3 is 2.11 bits per heavy atom. The second-order valence-corrected chi connectivity index (χ2v) is 13.3. The normalized spacial score (nSPS) is 23.8. The number of para-hydroxylation sites is 1. The topological polar surface area (TPSA) is 50.2 Å². The minimum atomic E-state index is -0.417. The molecule has 1 heterocycles. The number of aromatic nitrogens is 1. The number of nitrogens with zero attached hydrogens (tertiary/aromatic N) is 1. The van der Waals surface area contributed by atoms with Gasteiger partial charge >= 0.3 is 0 Å². The third-order valence-electron chi connectivity index (χ3n) is 8.95. The van der Waals surface area contributed by atoms with E-state index in [1.807, 2.05) is 41.5 Å². The maximum atomic E-state index is 11.5. The molecule has 0 saturated heterocycles. The van der Waals surface area contributed by atoms with E-state index in [0.29, 0.717) is 10.8 Å². The molecule has 0 atom stereocenters. The number of aliphatic hydroxyl groups is 1. The summed E-state index contributed by atoms with van der Waals surface area (Å²) in [6, 6.07) is 21.2. The van der Waals surface area contributed by atoms with Gasteiger partial charge in [-0.25, -0.2) is 0 Å². The van der Waals surface area contributed by atoms with Crippen molar-refractivity contribution in [2.75, 3.05) is 0 Å². The number of carbonyl (C=O) groups excluding carboxylic acids is 1. The standard InChI is InChI=1S/C23H20N.C11H20O2.Pt/c1-4-10-20-16(7-1)15-19-21(24-20)17-8-2-3-9-18(17)22-11-5-13-23(19,22)14-6-12-22;1-10(2,3)8(12)7-9(13)11(4,5)6;/h1-4,7,9-10,15H,5-6,11-14H2;7,12H,1-6H3;/q-1;;. The maximum Gasteiger partial charge on any atom is 0.164 e. The summed E-state index contributed by atoms with van der Waals surface area (Å²) in [5.74, 6) is 0.104. The average molecular weight is 690 g/mol. The summed E-state index contributed by atoms with van der Waals surface area (Å²) in [4.78, 5) is 16.6. The van der Waals surface area contributed by atoms with Crippen molar-refractivity contribution in [1.82, 2.24) is 4.98 Å². The van der Waals surface area contributed by atoms with Gasteiger partial charge in [-0.3, -0.25) is 9.78 Å². The van der Waals surface area contributed by atoms with Gasteiger partial charge in [0.25, 0.3) is 0 Å². The largest absolute Gasteiger partial charge is 0.512 e. The molecule has 0 radical (unpaired) electrons. The Hall–Kier alpha value is -2.25. The number of pyridine rings is 1. The molecule has 2 fully saturated rings. The van der Waals surface area contributed by atoms with Crippen LogP contribution in [0.1, 0.15) is 91.2 Å². The van der Waals surface area contributed by atoms with Crippen molar-refractivity contribution in [3.63, 3.8) is 0 Å². The van der Waals surface area contributed by atoms with Gasteiger partial charge in [0.1, 0.15) is 5.76 Å². The van der Waals surface area contributed by atoms with E-state index in [1.165, 1.54) is 72.4 Å². The molecule has 1 N–H and O–H groups in total. The summed E-state index contributed by atoms with van der Waals surface area (Å²) in [6.45, 7) is 11.1. The molecule has 0 aliphatic heterocycles. The first kappa shape index (κ1) is 28.7. The van der Waals surface area contributed by atoms with Gasteiger partial charge in [-0.2, -0.15) is 0 Å². The molecule has 0 unspecified atom stereocenters. The monoisotopic (exact) mass is 689 g/mol. The summed E-state index contributed by atoms with van der Waals surface area (Å²) in [5.41, 5.74) is 6.56. The van der Waals surface area contributed by atoms with Crippen LogP contribution in [-0.2, 0) is 36.7 Å². The zero-order chi connectivity index (χ0) is 26.6. The van der Waals surface area contributed by atoms with Crippen LogP contribution in [0.3, 0.4) is 0 Å². The van der Waals surface area contributed by atoms with Crippen LogP contribution in [0.15, 0.2) is 60.4 Å². The minimum absolute atomic E-state index is 0. The van der Waals surface area contributed by atoms with Crippen molar-refractivity contribution in [3.05, 3.63) is 77.6 Å². The second-order valence-electron chi connectivity index (χ2n) is 13.3. The fourth-order valence-corrected chi connectivity index (χ4v) is 6.91. The van der Waals surface area contributed by atoms with Crippen LogP contribution in [0, 0.1) is 16.9 Å². The van der Waals surface area contributed by atoms with Gasteiger partial charge in [0.15, 0.2) is 5.78 Å². The molecule has 3 aliphatic carbocycles.